The van der Waals surface area contributed by atoms with Crippen molar-refractivity contribution in [2.45, 2.75) is 20.4 Å². The summed E-state index contributed by atoms with van der Waals surface area (Å²) in [6.45, 7) is 4.17. The van der Waals surface area contributed by atoms with Crippen LogP contribution in [0.4, 0.5) is 0 Å². The van der Waals surface area contributed by atoms with E-state index in [0.29, 0.717) is 12.1 Å². The van der Waals surface area contributed by atoms with Crippen molar-refractivity contribution in [3.63, 3.8) is 0 Å². The number of hydrogen-bond donors (Lipinski definition) is 1. The third-order valence-electron chi connectivity index (χ3n) is 4.09. The maximum absolute atomic E-state index is 12.8. The molecule has 0 unspecified atom stereocenters. The minimum Gasteiger partial charge on any atom is -0.493 e. The van der Waals surface area contributed by atoms with Crippen LogP contribution in [0.15, 0.2) is 30.3 Å². The van der Waals surface area contributed by atoms with Crippen molar-refractivity contribution in [1.29, 1.82) is 0 Å². The molecule has 0 aliphatic heterocycles. The molecule has 0 heterocycles. The van der Waals surface area contributed by atoms with Gasteiger partial charge in [0.1, 0.15) is 0 Å². The van der Waals surface area contributed by atoms with E-state index in [0.717, 1.165) is 11.1 Å². The molecule has 2 amide bonds. The summed E-state index contributed by atoms with van der Waals surface area (Å²) in [4.78, 5) is 25.3. The number of nitrogens with two attached hydrogens (primary N) is 1. The summed E-state index contributed by atoms with van der Waals surface area (Å²) in [5, 5.41) is 0.166. The number of carbonyl (C=O) groups excluding carboxylic acids is 2. The third kappa shape index (κ3) is 5.14. The van der Waals surface area contributed by atoms with Gasteiger partial charge < -0.3 is 20.1 Å². The zero-order valence-corrected chi connectivity index (χ0v) is 16.6. The Morgan fingerprint density at radius 3 is 2.48 bits per heavy atom. The van der Waals surface area contributed by atoms with Crippen LogP contribution < -0.4 is 15.2 Å². The van der Waals surface area contributed by atoms with Gasteiger partial charge in [0.25, 0.3) is 11.8 Å². The maximum Gasteiger partial charge on any atom is 0.255 e. The lowest BCUT2D eigenvalue weighted by atomic mass is 10.1. The maximum atomic E-state index is 12.8. The molecular formula is C20H23ClN2O4. The van der Waals surface area contributed by atoms with Gasteiger partial charge in [0.2, 0.25) is 0 Å². The summed E-state index contributed by atoms with van der Waals surface area (Å²) in [7, 11) is 3.15. The molecule has 6 nitrogen and oxygen atoms in total. The van der Waals surface area contributed by atoms with Crippen molar-refractivity contribution >= 4 is 23.4 Å². The number of ether oxygens (including phenoxy) is 2. The second-order valence-electron chi connectivity index (χ2n) is 6.34. The Kier molecular flexibility index (Phi) is 6.69. The van der Waals surface area contributed by atoms with Crippen LogP contribution in [0.2, 0.25) is 5.02 Å². The number of methoxy groups -OCH3 is 1. The Balaban J connectivity index is 2.24. The van der Waals surface area contributed by atoms with Crippen LogP contribution >= 0.6 is 11.6 Å². The van der Waals surface area contributed by atoms with Gasteiger partial charge in [-0.25, -0.2) is 0 Å². The van der Waals surface area contributed by atoms with E-state index in [1.807, 2.05) is 26.0 Å². The largest absolute Gasteiger partial charge is 0.493 e. The zero-order chi connectivity index (χ0) is 20.1. The lowest BCUT2D eigenvalue weighted by molar-refractivity contribution is -0.119. The molecule has 0 radical (unpaired) electrons. The van der Waals surface area contributed by atoms with E-state index in [1.54, 1.807) is 11.9 Å². The molecule has 0 spiro atoms. The topological polar surface area (TPSA) is 81.9 Å². The van der Waals surface area contributed by atoms with Crippen LogP contribution in [0.25, 0.3) is 0 Å². The zero-order valence-electron chi connectivity index (χ0n) is 15.8. The van der Waals surface area contributed by atoms with Crippen LogP contribution in [-0.4, -0.2) is 37.5 Å². The van der Waals surface area contributed by atoms with Gasteiger partial charge in [-0.15, -0.1) is 0 Å². The summed E-state index contributed by atoms with van der Waals surface area (Å²) in [5.41, 5.74) is 8.81. The monoisotopic (exact) mass is 390 g/mol. The first-order valence-corrected chi connectivity index (χ1v) is 8.71. The van der Waals surface area contributed by atoms with Crippen molar-refractivity contribution < 1.29 is 19.1 Å². The number of aryl methyl sites for hydroxylation is 2. The molecule has 0 bridgehead atoms. The van der Waals surface area contributed by atoms with Gasteiger partial charge in [0.15, 0.2) is 18.1 Å². The molecule has 2 rings (SSSR count). The summed E-state index contributed by atoms with van der Waals surface area (Å²) < 4.78 is 10.5. The molecule has 0 saturated heterocycles. The minimum absolute atomic E-state index is 0.166. The first kappa shape index (κ1) is 20.6. The van der Waals surface area contributed by atoms with Crippen LogP contribution in [0, 0.1) is 13.8 Å². The molecule has 0 fully saturated rings. The van der Waals surface area contributed by atoms with E-state index < -0.39 is 5.91 Å². The van der Waals surface area contributed by atoms with Crippen molar-refractivity contribution in [1.82, 2.24) is 4.90 Å². The van der Waals surface area contributed by atoms with E-state index >= 15 is 0 Å². The van der Waals surface area contributed by atoms with Crippen LogP contribution in [-0.2, 0) is 11.3 Å². The Labute approximate surface area is 163 Å². The second-order valence-corrected chi connectivity index (χ2v) is 6.74. The van der Waals surface area contributed by atoms with Crippen LogP contribution in [0.5, 0.6) is 11.5 Å². The fraction of sp³-hybridized carbons (Fsp3) is 0.300. The van der Waals surface area contributed by atoms with E-state index in [1.165, 1.54) is 24.8 Å². The van der Waals surface area contributed by atoms with Gasteiger partial charge in [0.05, 0.1) is 12.1 Å². The lowest BCUT2D eigenvalue weighted by Crippen LogP contribution is -2.26. The number of amides is 2. The van der Waals surface area contributed by atoms with Gasteiger partial charge >= 0.3 is 0 Å². The Hall–Kier alpha value is -2.73. The Morgan fingerprint density at radius 1 is 1.19 bits per heavy atom. The molecule has 0 saturated carbocycles. The molecule has 0 aliphatic rings. The van der Waals surface area contributed by atoms with Gasteiger partial charge in [-0.2, -0.15) is 0 Å². The SMILES string of the molecule is COc1cc(C(=O)N(C)Cc2ccc(C)cc2C)cc(Cl)c1OCC(N)=O. The lowest BCUT2D eigenvalue weighted by Gasteiger charge is -2.20. The molecular weight excluding hydrogens is 368 g/mol. The minimum atomic E-state index is -0.638. The number of primary amides is 1. The van der Waals surface area contributed by atoms with Gasteiger partial charge in [-0.3, -0.25) is 9.59 Å². The smallest absolute Gasteiger partial charge is 0.255 e. The predicted octanol–water partition coefficient (Wildman–Crippen LogP) is 3.10. The number of rotatable bonds is 7. The first-order chi connectivity index (χ1) is 12.7. The Morgan fingerprint density at radius 2 is 1.89 bits per heavy atom. The van der Waals surface area contributed by atoms with E-state index in [2.05, 4.69) is 6.07 Å². The van der Waals surface area contributed by atoms with Gasteiger partial charge in [-0.05, 0) is 37.1 Å². The number of carbonyl (C=O) groups is 2. The van der Waals surface area contributed by atoms with E-state index in [-0.39, 0.29) is 29.0 Å². The van der Waals surface area contributed by atoms with Crippen LogP contribution in [0.3, 0.4) is 0 Å². The molecule has 27 heavy (non-hydrogen) atoms. The number of nitrogens with zero attached hydrogens (tertiary/aromatic N) is 1. The molecule has 0 atom stereocenters. The van der Waals surface area contributed by atoms with Crippen molar-refractivity contribution in [3.8, 4) is 11.5 Å². The average Bonchev–Trinajstić information content (AvgIpc) is 2.61. The molecule has 2 aromatic rings. The molecule has 0 aromatic heterocycles. The highest BCUT2D eigenvalue weighted by atomic mass is 35.5. The molecule has 144 valence electrons. The summed E-state index contributed by atoms with van der Waals surface area (Å²) >= 11 is 6.22. The number of halogens is 1. The van der Waals surface area contributed by atoms with Crippen molar-refractivity contribution in [3.05, 3.63) is 57.6 Å². The van der Waals surface area contributed by atoms with Crippen molar-refractivity contribution in [2.24, 2.45) is 5.73 Å². The highest BCUT2D eigenvalue weighted by molar-refractivity contribution is 6.32. The van der Waals surface area contributed by atoms with Gasteiger partial charge in [-0.1, -0.05) is 35.4 Å². The average molecular weight is 391 g/mol. The van der Waals surface area contributed by atoms with Gasteiger partial charge in [0, 0.05) is 19.2 Å². The van der Waals surface area contributed by atoms with Crippen LogP contribution in [0.1, 0.15) is 27.0 Å². The van der Waals surface area contributed by atoms with E-state index in [9.17, 15) is 9.59 Å². The summed E-state index contributed by atoms with van der Waals surface area (Å²) in [5.74, 6) is -0.420. The highest BCUT2D eigenvalue weighted by Crippen LogP contribution is 2.36. The number of benzene rings is 2. The fourth-order valence-corrected chi connectivity index (χ4v) is 2.96. The molecule has 2 aromatic carbocycles. The summed E-state index contributed by atoms with van der Waals surface area (Å²) in [6.07, 6.45) is 0. The second kappa shape index (κ2) is 8.77. The molecule has 2 N–H and O–H groups in total. The van der Waals surface area contributed by atoms with Crippen molar-refractivity contribution in [2.75, 3.05) is 20.8 Å². The number of hydrogen-bond acceptors (Lipinski definition) is 4. The standard InChI is InChI=1S/C20H23ClN2O4/c1-12-5-6-14(13(2)7-12)10-23(3)20(25)15-8-16(21)19(17(9-15)26-4)27-11-18(22)24/h5-9H,10-11H2,1-4H3,(H2,22,24). The predicted molar refractivity (Wildman–Crippen MR) is 104 cm³/mol. The third-order valence-corrected chi connectivity index (χ3v) is 4.37. The first-order valence-electron chi connectivity index (χ1n) is 8.33. The fourth-order valence-electron chi connectivity index (χ4n) is 2.70. The van der Waals surface area contributed by atoms with E-state index in [4.69, 9.17) is 26.8 Å². The highest BCUT2D eigenvalue weighted by Gasteiger charge is 2.19. The summed E-state index contributed by atoms with van der Waals surface area (Å²) in [6, 6.07) is 9.14. The Bertz CT molecular complexity index is 867. The molecule has 7 heteroatoms. The molecule has 0 aliphatic carbocycles. The quantitative estimate of drug-likeness (QED) is 0.787. The normalized spacial score (nSPS) is 10.4.